The van der Waals surface area contributed by atoms with Crippen molar-refractivity contribution in [3.8, 4) is 0 Å². The number of likely N-dealkylation sites (tertiary alicyclic amines) is 1. The Morgan fingerprint density at radius 1 is 1.13 bits per heavy atom. The zero-order valence-corrected chi connectivity index (χ0v) is 22.0. The fraction of sp³-hybridized carbons (Fsp3) is 0.708. The SMILES string of the molecule is CCNC(=NCc1cccc(COCCOCC)c1)NCCCN1CCCCC1C.I. The fourth-order valence-electron chi connectivity index (χ4n) is 3.76. The highest BCUT2D eigenvalue weighted by Crippen LogP contribution is 2.16. The van der Waals surface area contributed by atoms with E-state index in [2.05, 4.69) is 53.6 Å². The second-order valence-corrected chi connectivity index (χ2v) is 7.93. The smallest absolute Gasteiger partial charge is 0.191 e. The molecule has 0 saturated carbocycles. The van der Waals surface area contributed by atoms with Crippen LogP contribution in [-0.4, -0.2) is 62.9 Å². The van der Waals surface area contributed by atoms with Crippen LogP contribution in [0.5, 0.6) is 0 Å². The van der Waals surface area contributed by atoms with E-state index in [0.717, 1.165) is 38.1 Å². The van der Waals surface area contributed by atoms with Crippen LogP contribution in [0.1, 0.15) is 57.6 Å². The van der Waals surface area contributed by atoms with Gasteiger partial charge < -0.3 is 25.0 Å². The number of ether oxygens (including phenoxy) is 2. The second-order valence-electron chi connectivity index (χ2n) is 7.93. The lowest BCUT2D eigenvalue weighted by Crippen LogP contribution is -2.41. The molecule has 0 bridgehead atoms. The third kappa shape index (κ3) is 12.1. The molecule has 7 heteroatoms. The molecule has 0 radical (unpaired) electrons. The zero-order valence-electron chi connectivity index (χ0n) is 19.7. The summed E-state index contributed by atoms with van der Waals surface area (Å²) in [4.78, 5) is 7.39. The zero-order chi connectivity index (χ0) is 21.4. The molecule has 1 aliphatic rings. The van der Waals surface area contributed by atoms with Gasteiger partial charge in [0.25, 0.3) is 0 Å². The molecule has 0 spiro atoms. The molecule has 1 aromatic rings. The minimum absolute atomic E-state index is 0. The number of nitrogens with zero attached hydrogens (tertiary/aromatic N) is 2. The summed E-state index contributed by atoms with van der Waals surface area (Å²) < 4.78 is 11.0. The Kier molecular flexibility index (Phi) is 16.0. The van der Waals surface area contributed by atoms with Crippen molar-refractivity contribution in [3.63, 3.8) is 0 Å². The first-order valence-corrected chi connectivity index (χ1v) is 11.7. The molecule has 6 nitrogen and oxygen atoms in total. The van der Waals surface area contributed by atoms with Gasteiger partial charge in [0.15, 0.2) is 5.96 Å². The normalized spacial score (nSPS) is 17.3. The largest absolute Gasteiger partial charge is 0.379 e. The van der Waals surface area contributed by atoms with Gasteiger partial charge in [-0.2, -0.15) is 0 Å². The number of halogens is 1. The average Bonchev–Trinajstić information content (AvgIpc) is 2.76. The number of hydrogen-bond donors (Lipinski definition) is 2. The number of guanidine groups is 1. The first-order valence-electron chi connectivity index (χ1n) is 11.7. The monoisotopic (exact) mass is 546 g/mol. The van der Waals surface area contributed by atoms with E-state index in [1.165, 1.54) is 43.5 Å². The van der Waals surface area contributed by atoms with Gasteiger partial charge in [-0.3, -0.25) is 0 Å². The van der Waals surface area contributed by atoms with Crippen molar-refractivity contribution < 1.29 is 9.47 Å². The molecule has 0 aromatic heterocycles. The molecule has 1 saturated heterocycles. The van der Waals surface area contributed by atoms with Crippen LogP contribution in [0.3, 0.4) is 0 Å². The van der Waals surface area contributed by atoms with Crippen LogP contribution >= 0.6 is 24.0 Å². The first kappa shape index (κ1) is 28.1. The van der Waals surface area contributed by atoms with E-state index in [0.29, 0.717) is 26.4 Å². The number of hydrogen-bond acceptors (Lipinski definition) is 4. The van der Waals surface area contributed by atoms with Crippen LogP contribution in [0.4, 0.5) is 0 Å². The number of rotatable bonds is 13. The summed E-state index contributed by atoms with van der Waals surface area (Å²) in [5.74, 6) is 0.891. The van der Waals surface area contributed by atoms with Crippen LogP contribution < -0.4 is 10.6 Å². The highest BCUT2D eigenvalue weighted by Gasteiger charge is 2.17. The van der Waals surface area contributed by atoms with E-state index in [1.54, 1.807) is 0 Å². The van der Waals surface area contributed by atoms with Gasteiger partial charge in [0.05, 0.1) is 26.4 Å². The van der Waals surface area contributed by atoms with Crippen LogP contribution in [0.2, 0.25) is 0 Å². The van der Waals surface area contributed by atoms with Crippen LogP contribution in [-0.2, 0) is 22.6 Å². The summed E-state index contributed by atoms with van der Waals surface area (Å²) in [5, 5.41) is 6.84. The molecule has 2 N–H and O–H groups in total. The Labute approximate surface area is 206 Å². The molecule has 31 heavy (non-hydrogen) atoms. The number of piperidine rings is 1. The van der Waals surface area contributed by atoms with Crippen LogP contribution in [0.15, 0.2) is 29.3 Å². The number of nitrogens with one attached hydrogen (secondary N) is 2. The Balaban J connectivity index is 0.00000480. The highest BCUT2D eigenvalue weighted by atomic mass is 127. The Hall–Kier alpha value is -0.900. The summed E-state index contributed by atoms with van der Waals surface area (Å²) >= 11 is 0. The fourth-order valence-corrected chi connectivity index (χ4v) is 3.76. The molecule has 1 aromatic carbocycles. The van der Waals surface area contributed by atoms with Gasteiger partial charge in [-0.25, -0.2) is 4.99 Å². The van der Waals surface area contributed by atoms with Gasteiger partial charge in [-0.1, -0.05) is 30.7 Å². The average molecular weight is 547 g/mol. The van der Waals surface area contributed by atoms with Crippen LogP contribution in [0, 0.1) is 0 Å². The third-order valence-corrected chi connectivity index (χ3v) is 5.46. The standard InChI is InChI=1S/C24H42N4O2.HI/c1-4-25-24(26-13-9-15-28-14-7-6-10-21(28)3)27-19-22-11-8-12-23(18-22)20-30-17-16-29-5-2;/h8,11-12,18,21H,4-7,9-10,13-17,19-20H2,1-3H3,(H2,25,26,27);1H. The van der Waals surface area contributed by atoms with E-state index in [9.17, 15) is 0 Å². The first-order chi connectivity index (χ1) is 14.7. The molecular weight excluding hydrogens is 503 g/mol. The van der Waals surface area contributed by atoms with E-state index in [1.807, 2.05) is 6.92 Å². The minimum Gasteiger partial charge on any atom is -0.379 e. The molecule has 1 aliphatic heterocycles. The predicted octanol–water partition coefficient (Wildman–Crippen LogP) is 4.18. The van der Waals surface area contributed by atoms with Crippen molar-refractivity contribution in [2.24, 2.45) is 4.99 Å². The maximum absolute atomic E-state index is 5.67. The lowest BCUT2D eigenvalue weighted by Gasteiger charge is -2.33. The third-order valence-electron chi connectivity index (χ3n) is 5.46. The quantitative estimate of drug-likeness (QED) is 0.168. The van der Waals surface area contributed by atoms with Crippen molar-refractivity contribution in [3.05, 3.63) is 35.4 Å². The molecular formula is C24H43IN4O2. The van der Waals surface area contributed by atoms with Gasteiger partial charge in [-0.05, 0) is 57.7 Å². The summed E-state index contributed by atoms with van der Waals surface area (Å²) in [6.45, 7) is 14.0. The van der Waals surface area contributed by atoms with Gasteiger partial charge in [0.1, 0.15) is 0 Å². The highest BCUT2D eigenvalue weighted by molar-refractivity contribution is 14.0. The van der Waals surface area contributed by atoms with E-state index in [4.69, 9.17) is 14.5 Å². The van der Waals surface area contributed by atoms with Gasteiger partial charge in [-0.15, -0.1) is 24.0 Å². The Morgan fingerprint density at radius 3 is 2.71 bits per heavy atom. The molecule has 1 atom stereocenters. The lowest BCUT2D eigenvalue weighted by atomic mass is 10.0. The second kappa shape index (κ2) is 17.6. The minimum atomic E-state index is 0. The summed E-state index contributed by atoms with van der Waals surface area (Å²) in [6, 6.07) is 9.20. The molecule has 1 heterocycles. The maximum atomic E-state index is 5.67. The molecule has 178 valence electrons. The van der Waals surface area contributed by atoms with E-state index in [-0.39, 0.29) is 24.0 Å². The summed E-state index contributed by atoms with van der Waals surface area (Å²) in [7, 11) is 0. The van der Waals surface area contributed by atoms with Crippen molar-refractivity contribution in [1.29, 1.82) is 0 Å². The van der Waals surface area contributed by atoms with E-state index >= 15 is 0 Å². The Bertz CT molecular complexity index is 615. The molecule has 0 aliphatic carbocycles. The molecule has 1 fully saturated rings. The van der Waals surface area contributed by atoms with Crippen molar-refractivity contribution in [1.82, 2.24) is 15.5 Å². The van der Waals surface area contributed by atoms with Crippen LogP contribution in [0.25, 0.3) is 0 Å². The van der Waals surface area contributed by atoms with E-state index < -0.39 is 0 Å². The molecule has 2 rings (SSSR count). The maximum Gasteiger partial charge on any atom is 0.191 e. The lowest BCUT2D eigenvalue weighted by molar-refractivity contribution is 0.0453. The number of benzene rings is 1. The van der Waals surface area contributed by atoms with Crippen molar-refractivity contribution in [2.45, 2.75) is 65.6 Å². The summed E-state index contributed by atoms with van der Waals surface area (Å²) in [6.07, 6.45) is 5.21. The van der Waals surface area contributed by atoms with Crippen molar-refractivity contribution >= 4 is 29.9 Å². The van der Waals surface area contributed by atoms with Gasteiger partial charge in [0.2, 0.25) is 0 Å². The topological polar surface area (TPSA) is 58.1 Å². The molecule has 1 unspecified atom stereocenters. The summed E-state index contributed by atoms with van der Waals surface area (Å²) in [5.41, 5.74) is 2.37. The Morgan fingerprint density at radius 2 is 1.94 bits per heavy atom. The van der Waals surface area contributed by atoms with Crippen molar-refractivity contribution in [2.75, 3.05) is 46.0 Å². The molecule has 0 amide bonds. The number of aliphatic imine (C=N–C) groups is 1. The predicted molar refractivity (Wildman–Crippen MR) is 140 cm³/mol. The van der Waals surface area contributed by atoms with Gasteiger partial charge >= 0.3 is 0 Å². The van der Waals surface area contributed by atoms with Gasteiger partial charge in [0, 0.05) is 32.3 Å².